The highest BCUT2D eigenvalue weighted by atomic mass is 32.1. The van der Waals surface area contributed by atoms with Crippen molar-refractivity contribution in [3.8, 4) is 0 Å². The van der Waals surface area contributed by atoms with Gasteiger partial charge in [-0.2, -0.15) is 0 Å². The molecule has 17 heavy (non-hydrogen) atoms. The van der Waals surface area contributed by atoms with Crippen LogP contribution >= 0.6 is 11.3 Å². The van der Waals surface area contributed by atoms with Crippen molar-refractivity contribution in [2.45, 2.75) is 46.6 Å². The summed E-state index contributed by atoms with van der Waals surface area (Å²) in [6.45, 7) is 8.44. The molecule has 4 heteroatoms. The molecule has 0 aliphatic carbocycles. The van der Waals surface area contributed by atoms with Crippen LogP contribution in [0.3, 0.4) is 0 Å². The average molecular weight is 256 g/mol. The van der Waals surface area contributed by atoms with E-state index in [0.717, 1.165) is 38.0 Å². The molecule has 0 amide bonds. The molecule has 2 N–H and O–H groups in total. The SMILES string of the molecule is CCc1nc(CNCCCC(C)(C)CO)cs1. The lowest BCUT2D eigenvalue weighted by Gasteiger charge is -2.21. The molecule has 0 saturated carbocycles. The maximum atomic E-state index is 9.13. The number of hydrogen-bond acceptors (Lipinski definition) is 4. The van der Waals surface area contributed by atoms with Crippen LogP contribution in [0.2, 0.25) is 0 Å². The summed E-state index contributed by atoms with van der Waals surface area (Å²) in [5.41, 5.74) is 1.20. The monoisotopic (exact) mass is 256 g/mol. The molecule has 0 atom stereocenters. The number of nitrogens with one attached hydrogen (secondary N) is 1. The Bertz CT molecular complexity index is 323. The van der Waals surface area contributed by atoms with Gasteiger partial charge in [0.15, 0.2) is 0 Å². The zero-order valence-electron chi connectivity index (χ0n) is 11.1. The molecule has 1 aromatic heterocycles. The largest absolute Gasteiger partial charge is 0.396 e. The minimum absolute atomic E-state index is 0.0533. The molecule has 1 heterocycles. The van der Waals surface area contributed by atoms with Gasteiger partial charge in [-0.3, -0.25) is 0 Å². The van der Waals surface area contributed by atoms with Crippen molar-refractivity contribution >= 4 is 11.3 Å². The fourth-order valence-corrected chi connectivity index (χ4v) is 2.32. The van der Waals surface area contributed by atoms with E-state index in [1.165, 1.54) is 5.01 Å². The van der Waals surface area contributed by atoms with Crippen molar-refractivity contribution in [2.75, 3.05) is 13.2 Å². The molecule has 0 aromatic carbocycles. The second kappa shape index (κ2) is 7.09. The number of aliphatic hydroxyl groups is 1. The molecule has 0 radical (unpaired) electrons. The molecular weight excluding hydrogens is 232 g/mol. The molecule has 0 spiro atoms. The van der Waals surface area contributed by atoms with Crippen LogP contribution in [0.15, 0.2) is 5.38 Å². The lowest BCUT2D eigenvalue weighted by atomic mass is 9.89. The van der Waals surface area contributed by atoms with E-state index in [1.54, 1.807) is 11.3 Å². The molecule has 0 saturated heterocycles. The molecule has 0 aliphatic rings. The second-order valence-electron chi connectivity index (χ2n) is 5.19. The Morgan fingerprint density at radius 1 is 1.47 bits per heavy atom. The number of aromatic nitrogens is 1. The minimum Gasteiger partial charge on any atom is -0.396 e. The molecule has 1 rings (SSSR count). The van der Waals surface area contributed by atoms with Crippen molar-refractivity contribution in [3.05, 3.63) is 16.1 Å². The van der Waals surface area contributed by atoms with Crippen LogP contribution in [0.5, 0.6) is 0 Å². The number of hydrogen-bond donors (Lipinski definition) is 2. The molecule has 3 nitrogen and oxygen atoms in total. The summed E-state index contributed by atoms with van der Waals surface area (Å²) in [7, 11) is 0. The van der Waals surface area contributed by atoms with E-state index < -0.39 is 0 Å². The van der Waals surface area contributed by atoms with Crippen molar-refractivity contribution < 1.29 is 5.11 Å². The van der Waals surface area contributed by atoms with Crippen LogP contribution in [0.1, 0.15) is 44.3 Å². The number of rotatable bonds is 8. The summed E-state index contributed by atoms with van der Waals surface area (Å²) >= 11 is 1.74. The average Bonchev–Trinajstić information content (AvgIpc) is 2.76. The maximum absolute atomic E-state index is 9.13. The third-order valence-electron chi connectivity index (χ3n) is 2.84. The molecule has 98 valence electrons. The number of aliphatic hydroxyl groups excluding tert-OH is 1. The first-order valence-corrected chi connectivity index (χ1v) is 7.20. The fraction of sp³-hybridized carbons (Fsp3) is 0.769. The van der Waals surface area contributed by atoms with Crippen molar-refractivity contribution in [2.24, 2.45) is 5.41 Å². The highest BCUT2D eigenvalue weighted by Gasteiger charge is 2.15. The Balaban J connectivity index is 2.12. The van der Waals surface area contributed by atoms with Gasteiger partial charge in [-0.15, -0.1) is 11.3 Å². The topological polar surface area (TPSA) is 45.2 Å². The highest BCUT2D eigenvalue weighted by molar-refractivity contribution is 7.09. The smallest absolute Gasteiger partial charge is 0.0926 e. The van der Waals surface area contributed by atoms with Gasteiger partial charge in [0.25, 0.3) is 0 Å². The first kappa shape index (κ1) is 14.6. The van der Waals surface area contributed by atoms with E-state index >= 15 is 0 Å². The van der Waals surface area contributed by atoms with E-state index in [2.05, 4.69) is 36.5 Å². The Labute approximate surface area is 108 Å². The van der Waals surface area contributed by atoms with E-state index in [-0.39, 0.29) is 12.0 Å². The van der Waals surface area contributed by atoms with Gasteiger partial charge in [0.1, 0.15) is 0 Å². The summed E-state index contributed by atoms with van der Waals surface area (Å²) in [4.78, 5) is 4.51. The van der Waals surface area contributed by atoms with E-state index in [9.17, 15) is 0 Å². The van der Waals surface area contributed by atoms with Gasteiger partial charge in [-0.05, 0) is 31.2 Å². The Morgan fingerprint density at radius 3 is 2.82 bits per heavy atom. The van der Waals surface area contributed by atoms with E-state index in [4.69, 9.17) is 5.11 Å². The van der Waals surface area contributed by atoms with Gasteiger partial charge in [0.2, 0.25) is 0 Å². The standard InChI is InChI=1S/C13H24N2OS/c1-4-12-15-11(9-17-12)8-14-7-5-6-13(2,3)10-16/h9,14,16H,4-8,10H2,1-3H3. The van der Waals surface area contributed by atoms with Crippen molar-refractivity contribution in [1.82, 2.24) is 10.3 Å². The van der Waals surface area contributed by atoms with Crippen LogP contribution in [-0.4, -0.2) is 23.2 Å². The van der Waals surface area contributed by atoms with Crippen LogP contribution in [-0.2, 0) is 13.0 Å². The molecule has 0 fully saturated rings. The summed E-state index contributed by atoms with van der Waals surface area (Å²) in [5, 5.41) is 15.9. The zero-order chi connectivity index (χ0) is 12.7. The van der Waals surface area contributed by atoms with Crippen LogP contribution in [0.4, 0.5) is 0 Å². The Morgan fingerprint density at radius 2 is 2.24 bits per heavy atom. The first-order chi connectivity index (χ1) is 8.07. The third kappa shape index (κ3) is 5.61. The minimum atomic E-state index is 0.0533. The lowest BCUT2D eigenvalue weighted by molar-refractivity contribution is 0.148. The molecule has 0 bridgehead atoms. The predicted molar refractivity (Wildman–Crippen MR) is 73.3 cm³/mol. The Hall–Kier alpha value is -0.450. The zero-order valence-corrected chi connectivity index (χ0v) is 11.9. The maximum Gasteiger partial charge on any atom is 0.0926 e. The number of aryl methyl sites for hydroxylation is 1. The van der Waals surface area contributed by atoms with E-state index in [1.807, 2.05) is 0 Å². The fourth-order valence-electron chi connectivity index (χ4n) is 1.58. The van der Waals surface area contributed by atoms with Gasteiger partial charge in [0, 0.05) is 18.5 Å². The molecular formula is C13H24N2OS. The van der Waals surface area contributed by atoms with Gasteiger partial charge in [0.05, 0.1) is 10.7 Å². The first-order valence-electron chi connectivity index (χ1n) is 6.32. The van der Waals surface area contributed by atoms with Gasteiger partial charge < -0.3 is 10.4 Å². The number of nitrogens with zero attached hydrogens (tertiary/aromatic N) is 1. The highest BCUT2D eigenvalue weighted by Crippen LogP contribution is 2.20. The second-order valence-corrected chi connectivity index (χ2v) is 6.13. The van der Waals surface area contributed by atoms with E-state index in [0.29, 0.717) is 0 Å². The summed E-state index contributed by atoms with van der Waals surface area (Å²) in [6, 6.07) is 0. The van der Waals surface area contributed by atoms with Crippen molar-refractivity contribution in [3.63, 3.8) is 0 Å². The molecule has 0 aliphatic heterocycles. The van der Waals surface area contributed by atoms with Gasteiger partial charge >= 0.3 is 0 Å². The van der Waals surface area contributed by atoms with Crippen LogP contribution in [0.25, 0.3) is 0 Å². The van der Waals surface area contributed by atoms with Crippen LogP contribution < -0.4 is 5.32 Å². The third-order valence-corrected chi connectivity index (χ3v) is 3.88. The summed E-state index contributed by atoms with van der Waals surface area (Å²) in [5.74, 6) is 0. The van der Waals surface area contributed by atoms with Crippen molar-refractivity contribution in [1.29, 1.82) is 0 Å². The Kier molecular flexibility index (Phi) is 6.09. The van der Waals surface area contributed by atoms with Gasteiger partial charge in [-0.1, -0.05) is 20.8 Å². The molecule has 1 aromatic rings. The normalized spacial score (nSPS) is 12.0. The van der Waals surface area contributed by atoms with Crippen LogP contribution in [0, 0.1) is 5.41 Å². The lowest BCUT2D eigenvalue weighted by Crippen LogP contribution is -2.21. The molecule has 0 unspecified atom stereocenters. The van der Waals surface area contributed by atoms with Gasteiger partial charge in [-0.25, -0.2) is 4.98 Å². The quantitative estimate of drug-likeness (QED) is 0.703. The summed E-state index contributed by atoms with van der Waals surface area (Å²) in [6.07, 6.45) is 3.17. The predicted octanol–water partition coefficient (Wildman–Crippen LogP) is 2.59. The number of thiazole rings is 1. The summed E-state index contributed by atoms with van der Waals surface area (Å²) < 4.78 is 0.